The Labute approximate surface area is 114 Å². The molecule has 0 aliphatic carbocycles. The van der Waals surface area contributed by atoms with Crippen molar-refractivity contribution in [3.8, 4) is 11.3 Å². The fourth-order valence-electron chi connectivity index (χ4n) is 1.99. The van der Waals surface area contributed by atoms with Gasteiger partial charge in [-0.15, -0.1) is 0 Å². The molecule has 4 nitrogen and oxygen atoms in total. The lowest BCUT2D eigenvalue weighted by molar-refractivity contribution is 0.846. The van der Waals surface area contributed by atoms with Gasteiger partial charge in [-0.25, -0.2) is 9.97 Å². The number of rotatable bonds is 4. The third-order valence-electron chi connectivity index (χ3n) is 3.12. The highest BCUT2D eigenvalue weighted by Gasteiger charge is 2.08. The highest BCUT2D eigenvalue weighted by Crippen LogP contribution is 2.23. The average molecular weight is 256 g/mol. The van der Waals surface area contributed by atoms with Crippen LogP contribution in [0.5, 0.6) is 0 Å². The Morgan fingerprint density at radius 2 is 2.00 bits per heavy atom. The second-order valence-electron chi connectivity index (χ2n) is 4.77. The van der Waals surface area contributed by atoms with Crippen molar-refractivity contribution in [2.45, 2.75) is 13.8 Å². The molecule has 0 fully saturated rings. The molecule has 2 rings (SSSR count). The van der Waals surface area contributed by atoms with Crippen molar-refractivity contribution in [2.75, 3.05) is 25.0 Å². The molecule has 100 valence electrons. The normalized spacial score (nSPS) is 10.5. The fourth-order valence-corrected chi connectivity index (χ4v) is 1.99. The van der Waals surface area contributed by atoms with E-state index in [4.69, 9.17) is 5.73 Å². The zero-order chi connectivity index (χ0) is 13.8. The number of benzene rings is 1. The van der Waals surface area contributed by atoms with E-state index in [2.05, 4.69) is 42.0 Å². The number of likely N-dealkylation sites (N-methyl/N-ethyl adjacent to an activating group) is 1. The lowest BCUT2D eigenvalue weighted by Crippen LogP contribution is -2.26. The van der Waals surface area contributed by atoms with Crippen LogP contribution in [-0.4, -0.2) is 30.1 Å². The van der Waals surface area contributed by atoms with E-state index in [1.54, 1.807) is 6.20 Å². The smallest absolute Gasteiger partial charge is 0.225 e. The third kappa shape index (κ3) is 3.09. The molecular weight excluding hydrogens is 236 g/mol. The van der Waals surface area contributed by atoms with Crippen molar-refractivity contribution < 1.29 is 0 Å². The third-order valence-corrected chi connectivity index (χ3v) is 3.12. The van der Waals surface area contributed by atoms with Gasteiger partial charge in [-0.2, -0.15) is 0 Å². The highest BCUT2D eigenvalue weighted by atomic mass is 15.2. The molecule has 0 saturated heterocycles. The topological polar surface area (TPSA) is 55.0 Å². The minimum absolute atomic E-state index is 0.591. The number of nitrogens with two attached hydrogens (primary N) is 1. The SMILES string of the molecule is Cc1ccc(C)c(-c2ccnc(N(C)CCN)n2)c1. The van der Waals surface area contributed by atoms with Gasteiger partial charge in [0.1, 0.15) is 0 Å². The molecule has 0 aliphatic rings. The summed E-state index contributed by atoms with van der Waals surface area (Å²) in [4.78, 5) is 10.9. The molecule has 0 spiro atoms. The molecule has 19 heavy (non-hydrogen) atoms. The van der Waals surface area contributed by atoms with Crippen LogP contribution < -0.4 is 10.6 Å². The maximum atomic E-state index is 5.56. The van der Waals surface area contributed by atoms with Crippen LogP contribution in [-0.2, 0) is 0 Å². The standard InChI is InChI=1S/C15H20N4/c1-11-4-5-12(2)13(10-11)14-6-8-17-15(18-14)19(3)9-7-16/h4-6,8,10H,7,9,16H2,1-3H3. The quantitative estimate of drug-likeness (QED) is 0.910. The highest BCUT2D eigenvalue weighted by molar-refractivity contribution is 5.65. The van der Waals surface area contributed by atoms with E-state index in [0.717, 1.165) is 17.8 Å². The Morgan fingerprint density at radius 3 is 2.74 bits per heavy atom. The van der Waals surface area contributed by atoms with Crippen molar-refractivity contribution in [3.05, 3.63) is 41.6 Å². The summed E-state index contributed by atoms with van der Waals surface area (Å²) in [7, 11) is 1.95. The zero-order valence-electron chi connectivity index (χ0n) is 11.7. The molecule has 0 amide bonds. The van der Waals surface area contributed by atoms with E-state index < -0.39 is 0 Å². The summed E-state index contributed by atoms with van der Waals surface area (Å²) in [5, 5.41) is 0. The summed E-state index contributed by atoms with van der Waals surface area (Å²) < 4.78 is 0. The summed E-state index contributed by atoms with van der Waals surface area (Å²) in [6.45, 7) is 5.52. The first-order chi connectivity index (χ1) is 9.11. The molecule has 1 aromatic heterocycles. The minimum Gasteiger partial charge on any atom is -0.343 e. The van der Waals surface area contributed by atoms with Gasteiger partial charge in [-0.3, -0.25) is 0 Å². The molecule has 1 heterocycles. The molecule has 2 aromatic rings. The number of hydrogen-bond acceptors (Lipinski definition) is 4. The Kier molecular flexibility index (Phi) is 4.12. The van der Waals surface area contributed by atoms with Crippen molar-refractivity contribution >= 4 is 5.95 Å². The van der Waals surface area contributed by atoms with Gasteiger partial charge in [0.2, 0.25) is 5.95 Å². The number of aromatic nitrogens is 2. The van der Waals surface area contributed by atoms with E-state index in [1.807, 2.05) is 18.0 Å². The van der Waals surface area contributed by atoms with Crippen molar-refractivity contribution in [3.63, 3.8) is 0 Å². The maximum absolute atomic E-state index is 5.56. The van der Waals surface area contributed by atoms with E-state index in [9.17, 15) is 0 Å². The molecule has 0 bridgehead atoms. The maximum Gasteiger partial charge on any atom is 0.225 e. The van der Waals surface area contributed by atoms with Crippen LogP contribution in [0.3, 0.4) is 0 Å². The Hall–Kier alpha value is -1.94. The Bertz CT molecular complexity index is 566. The summed E-state index contributed by atoms with van der Waals surface area (Å²) in [6, 6.07) is 8.34. The molecule has 1 aromatic carbocycles. The molecule has 0 saturated carbocycles. The average Bonchev–Trinajstić information content (AvgIpc) is 2.42. The lowest BCUT2D eigenvalue weighted by atomic mass is 10.0. The van der Waals surface area contributed by atoms with E-state index in [0.29, 0.717) is 12.5 Å². The van der Waals surface area contributed by atoms with Gasteiger partial charge in [0, 0.05) is 31.9 Å². The Morgan fingerprint density at radius 1 is 1.21 bits per heavy atom. The van der Waals surface area contributed by atoms with Gasteiger partial charge >= 0.3 is 0 Å². The largest absolute Gasteiger partial charge is 0.343 e. The van der Waals surface area contributed by atoms with Crippen LogP contribution >= 0.6 is 0 Å². The minimum atomic E-state index is 0.591. The van der Waals surface area contributed by atoms with Crippen LogP contribution in [0.25, 0.3) is 11.3 Å². The van der Waals surface area contributed by atoms with Gasteiger partial charge < -0.3 is 10.6 Å². The lowest BCUT2D eigenvalue weighted by Gasteiger charge is -2.16. The van der Waals surface area contributed by atoms with E-state index >= 15 is 0 Å². The fraction of sp³-hybridized carbons (Fsp3) is 0.333. The predicted molar refractivity (Wildman–Crippen MR) is 79.3 cm³/mol. The molecule has 0 atom stereocenters. The second-order valence-corrected chi connectivity index (χ2v) is 4.77. The van der Waals surface area contributed by atoms with Crippen molar-refractivity contribution in [2.24, 2.45) is 5.73 Å². The molecule has 0 radical (unpaired) electrons. The summed E-state index contributed by atoms with van der Waals surface area (Å²) >= 11 is 0. The van der Waals surface area contributed by atoms with Gasteiger partial charge in [0.05, 0.1) is 5.69 Å². The van der Waals surface area contributed by atoms with Crippen molar-refractivity contribution in [1.82, 2.24) is 9.97 Å². The van der Waals surface area contributed by atoms with Gasteiger partial charge in [0.25, 0.3) is 0 Å². The summed E-state index contributed by atoms with van der Waals surface area (Å²) in [5.74, 6) is 0.712. The first-order valence-electron chi connectivity index (χ1n) is 6.43. The zero-order valence-corrected chi connectivity index (χ0v) is 11.7. The number of nitrogens with zero attached hydrogens (tertiary/aromatic N) is 3. The van der Waals surface area contributed by atoms with Crippen LogP contribution in [0.15, 0.2) is 30.5 Å². The van der Waals surface area contributed by atoms with Gasteiger partial charge in [0.15, 0.2) is 0 Å². The second kappa shape index (κ2) is 5.80. The molecule has 4 heteroatoms. The van der Waals surface area contributed by atoms with Gasteiger partial charge in [-0.1, -0.05) is 17.7 Å². The molecular formula is C15H20N4. The monoisotopic (exact) mass is 256 g/mol. The van der Waals surface area contributed by atoms with E-state index in [1.165, 1.54) is 11.1 Å². The number of aryl methyl sites for hydroxylation is 2. The van der Waals surface area contributed by atoms with Gasteiger partial charge in [-0.05, 0) is 31.5 Å². The predicted octanol–water partition coefficient (Wildman–Crippen LogP) is 2.16. The number of anilines is 1. The molecule has 2 N–H and O–H groups in total. The molecule has 0 aliphatic heterocycles. The van der Waals surface area contributed by atoms with Crippen LogP contribution in [0.4, 0.5) is 5.95 Å². The Balaban J connectivity index is 2.40. The summed E-state index contributed by atoms with van der Waals surface area (Å²) in [6.07, 6.45) is 1.80. The van der Waals surface area contributed by atoms with Crippen molar-refractivity contribution in [1.29, 1.82) is 0 Å². The summed E-state index contributed by atoms with van der Waals surface area (Å²) in [5.41, 5.74) is 10.1. The first-order valence-corrected chi connectivity index (χ1v) is 6.43. The van der Waals surface area contributed by atoms with Crippen LogP contribution in [0.1, 0.15) is 11.1 Å². The first kappa shape index (κ1) is 13.5. The van der Waals surface area contributed by atoms with Crippen LogP contribution in [0, 0.1) is 13.8 Å². The number of hydrogen-bond donors (Lipinski definition) is 1. The molecule has 0 unspecified atom stereocenters. The van der Waals surface area contributed by atoms with Crippen LogP contribution in [0.2, 0.25) is 0 Å². The van der Waals surface area contributed by atoms with E-state index in [-0.39, 0.29) is 0 Å².